The van der Waals surface area contributed by atoms with E-state index in [2.05, 4.69) is 4.99 Å². The highest BCUT2D eigenvalue weighted by atomic mass is 14.8. The number of hydrogen-bond acceptors (Lipinski definition) is 5. The van der Waals surface area contributed by atoms with Crippen molar-refractivity contribution >= 4 is 11.4 Å². The van der Waals surface area contributed by atoms with Crippen molar-refractivity contribution < 1.29 is 0 Å². The number of benzene rings is 1. The number of aryl methyl sites for hydroxylation is 2. The monoisotopic (exact) mass is 249 g/mol. The van der Waals surface area contributed by atoms with Gasteiger partial charge in [0.05, 0.1) is 11.4 Å². The molecule has 1 aromatic carbocycles. The van der Waals surface area contributed by atoms with Gasteiger partial charge in [-0.3, -0.25) is 0 Å². The fourth-order valence-corrected chi connectivity index (χ4v) is 1.33. The van der Waals surface area contributed by atoms with Crippen molar-refractivity contribution in [3.8, 4) is 18.2 Å². The average Bonchev–Trinajstić information content (AvgIpc) is 2.41. The number of hydrogen-bond donors (Lipinski definition) is 1. The number of aliphatic imine (C=N–C) groups is 1. The third-order valence-corrected chi connectivity index (χ3v) is 2.59. The molecule has 1 rings (SSSR count). The largest absolute Gasteiger partial charge is 0.395 e. The van der Waals surface area contributed by atoms with E-state index in [0.29, 0.717) is 5.69 Å². The van der Waals surface area contributed by atoms with Crippen molar-refractivity contribution in [2.45, 2.75) is 13.8 Å². The second-order valence-corrected chi connectivity index (χ2v) is 3.85. The molecule has 0 aromatic heterocycles. The lowest BCUT2D eigenvalue weighted by Crippen LogP contribution is -2.11. The smallest absolute Gasteiger partial charge is 0.166 e. The van der Waals surface area contributed by atoms with E-state index in [1.165, 1.54) is 0 Å². The Labute approximate surface area is 111 Å². The fourth-order valence-electron chi connectivity index (χ4n) is 1.33. The molecule has 2 N–H and O–H groups in total. The van der Waals surface area contributed by atoms with E-state index >= 15 is 0 Å². The standard InChI is InChI=1S/C14H11N5/c1-9-3-4-12(5-10(9)2)19-13(8-17)14(18)11(6-15)7-16/h3-5H,18H2,1-2H3. The van der Waals surface area contributed by atoms with Gasteiger partial charge in [0.25, 0.3) is 0 Å². The van der Waals surface area contributed by atoms with Gasteiger partial charge >= 0.3 is 0 Å². The zero-order valence-electron chi connectivity index (χ0n) is 10.6. The summed E-state index contributed by atoms with van der Waals surface area (Å²) < 4.78 is 0. The molecule has 1 aromatic rings. The predicted octanol–water partition coefficient (Wildman–Crippen LogP) is 2.16. The highest BCUT2D eigenvalue weighted by Gasteiger charge is 2.09. The van der Waals surface area contributed by atoms with Crippen molar-refractivity contribution in [2.24, 2.45) is 10.7 Å². The van der Waals surface area contributed by atoms with Gasteiger partial charge in [-0.15, -0.1) is 0 Å². The summed E-state index contributed by atoms with van der Waals surface area (Å²) in [5, 5.41) is 26.4. The van der Waals surface area contributed by atoms with Crippen LogP contribution in [0.25, 0.3) is 0 Å². The molecule has 5 heteroatoms. The van der Waals surface area contributed by atoms with Gasteiger partial charge in [0.1, 0.15) is 18.2 Å². The zero-order chi connectivity index (χ0) is 14.4. The Kier molecular flexibility index (Phi) is 4.41. The number of allylic oxidation sites excluding steroid dienone is 2. The van der Waals surface area contributed by atoms with Crippen LogP contribution >= 0.6 is 0 Å². The summed E-state index contributed by atoms with van der Waals surface area (Å²) in [7, 11) is 0. The Bertz CT molecular complexity index is 674. The molecule has 5 nitrogen and oxygen atoms in total. The first-order valence-corrected chi connectivity index (χ1v) is 5.39. The molecular weight excluding hydrogens is 238 g/mol. The molecule has 19 heavy (non-hydrogen) atoms. The van der Waals surface area contributed by atoms with Crippen LogP contribution in [0.1, 0.15) is 11.1 Å². The Morgan fingerprint density at radius 3 is 2.16 bits per heavy atom. The van der Waals surface area contributed by atoms with E-state index in [9.17, 15) is 0 Å². The highest BCUT2D eigenvalue weighted by molar-refractivity contribution is 6.13. The first-order valence-electron chi connectivity index (χ1n) is 5.39. The van der Waals surface area contributed by atoms with Crippen LogP contribution in [-0.2, 0) is 0 Å². The average molecular weight is 249 g/mol. The van der Waals surface area contributed by atoms with E-state index in [4.69, 9.17) is 21.5 Å². The molecule has 0 fully saturated rings. The van der Waals surface area contributed by atoms with Gasteiger partial charge in [0.15, 0.2) is 11.3 Å². The molecule has 92 valence electrons. The number of nitrogens with zero attached hydrogens (tertiary/aromatic N) is 4. The molecule has 0 heterocycles. The Morgan fingerprint density at radius 1 is 1.05 bits per heavy atom. The molecule has 0 radical (unpaired) electrons. The highest BCUT2D eigenvalue weighted by Crippen LogP contribution is 2.18. The summed E-state index contributed by atoms with van der Waals surface area (Å²) in [5.41, 5.74) is 7.62. The minimum Gasteiger partial charge on any atom is -0.395 e. The SMILES string of the molecule is Cc1ccc(N=C(C#N)C(N)=C(C#N)C#N)cc1C. The minimum absolute atomic E-state index is 0.138. The zero-order valence-corrected chi connectivity index (χ0v) is 10.6. The summed E-state index contributed by atoms with van der Waals surface area (Å²) in [5.74, 6) is 0. The van der Waals surface area contributed by atoms with Gasteiger partial charge in [-0.25, -0.2) is 4.99 Å². The Balaban J connectivity index is 3.33. The van der Waals surface area contributed by atoms with Crippen molar-refractivity contribution in [3.05, 3.63) is 40.6 Å². The van der Waals surface area contributed by atoms with Crippen LogP contribution < -0.4 is 5.73 Å². The normalized spacial score (nSPS) is 9.95. The van der Waals surface area contributed by atoms with E-state index in [1.54, 1.807) is 30.3 Å². The molecule has 0 spiro atoms. The lowest BCUT2D eigenvalue weighted by molar-refractivity contribution is 1.32. The molecule has 0 aliphatic carbocycles. The van der Waals surface area contributed by atoms with Crippen molar-refractivity contribution in [1.82, 2.24) is 0 Å². The van der Waals surface area contributed by atoms with E-state index in [0.717, 1.165) is 11.1 Å². The fraction of sp³-hybridized carbons (Fsp3) is 0.143. The molecule has 0 saturated heterocycles. The molecule has 0 bridgehead atoms. The van der Waals surface area contributed by atoms with Gasteiger partial charge < -0.3 is 5.73 Å². The summed E-state index contributed by atoms with van der Waals surface area (Å²) in [6, 6.07) is 10.5. The van der Waals surface area contributed by atoms with Crippen LogP contribution in [0, 0.1) is 47.8 Å². The molecule has 0 amide bonds. The van der Waals surface area contributed by atoms with Crippen molar-refractivity contribution in [1.29, 1.82) is 15.8 Å². The Hall–Kier alpha value is -3.10. The van der Waals surface area contributed by atoms with Gasteiger partial charge in [0.2, 0.25) is 0 Å². The second kappa shape index (κ2) is 6.00. The third-order valence-electron chi connectivity index (χ3n) is 2.59. The summed E-state index contributed by atoms with van der Waals surface area (Å²) >= 11 is 0. The van der Waals surface area contributed by atoms with Crippen molar-refractivity contribution in [2.75, 3.05) is 0 Å². The van der Waals surface area contributed by atoms with Crippen LogP contribution in [0.5, 0.6) is 0 Å². The summed E-state index contributed by atoms with van der Waals surface area (Å²) in [6.45, 7) is 3.89. The number of nitriles is 3. The van der Waals surface area contributed by atoms with Crippen LogP contribution in [0.3, 0.4) is 0 Å². The first kappa shape index (κ1) is 14.0. The summed E-state index contributed by atoms with van der Waals surface area (Å²) in [4.78, 5) is 4.07. The molecule has 0 unspecified atom stereocenters. The summed E-state index contributed by atoms with van der Waals surface area (Å²) in [6.07, 6.45) is 0. The molecule has 0 aliphatic heterocycles. The molecule has 0 atom stereocenters. The third kappa shape index (κ3) is 3.19. The maximum Gasteiger partial charge on any atom is 0.166 e. The van der Waals surface area contributed by atoms with Gasteiger partial charge in [-0.1, -0.05) is 6.07 Å². The maximum atomic E-state index is 9.01. The van der Waals surface area contributed by atoms with E-state index in [-0.39, 0.29) is 17.0 Å². The van der Waals surface area contributed by atoms with Crippen molar-refractivity contribution in [3.63, 3.8) is 0 Å². The number of rotatable bonds is 2. The topological polar surface area (TPSA) is 110 Å². The lowest BCUT2D eigenvalue weighted by atomic mass is 10.1. The van der Waals surface area contributed by atoms with Gasteiger partial charge in [-0.05, 0) is 37.1 Å². The maximum absolute atomic E-state index is 9.01. The van der Waals surface area contributed by atoms with Crippen LogP contribution in [-0.4, -0.2) is 5.71 Å². The van der Waals surface area contributed by atoms with E-state index in [1.807, 2.05) is 19.9 Å². The van der Waals surface area contributed by atoms with E-state index < -0.39 is 0 Å². The minimum atomic E-state index is -0.316. The van der Waals surface area contributed by atoms with Crippen LogP contribution in [0.2, 0.25) is 0 Å². The lowest BCUT2D eigenvalue weighted by Gasteiger charge is -2.02. The first-order chi connectivity index (χ1) is 9.03. The molecule has 0 aliphatic rings. The Morgan fingerprint density at radius 2 is 1.68 bits per heavy atom. The van der Waals surface area contributed by atoms with Crippen LogP contribution in [0.15, 0.2) is 34.5 Å². The van der Waals surface area contributed by atoms with Gasteiger partial charge in [-0.2, -0.15) is 15.8 Å². The molecular formula is C14H11N5. The second-order valence-electron chi connectivity index (χ2n) is 3.85. The van der Waals surface area contributed by atoms with Crippen LogP contribution in [0.4, 0.5) is 5.69 Å². The quantitative estimate of drug-likeness (QED) is 0.639. The predicted molar refractivity (Wildman–Crippen MR) is 71.1 cm³/mol. The number of nitrogens with two attached hydrogens (primary N) is 1. The van der Waals surface area contributed by atoms with Gasteiger partial charge in [0, 0.05) is 0 Å². The molecule has 0 saturated carbocycles.